The summed E-state index contributed by atoms with van der Waals surface area (Å²) in [5, 5.41) is 0. The van der Waals surface area contributed by atoms with E-state index < -0.39 is 33.5 Å². The van der Waals surface area contributed by atoms with E-state index in [1.165, 1.54) is 25.2 Å². The van der Waals surface area contributed by atoms with Gasteiger partial charge in [0.15, 0.2) is 11.5 Å². The Morgan fingerprint density at radius 1 is 1.13 bits per heavy atom. The number of carbonyl (C=O) groups is 2. The van der Waals surface area contributed by atoms with Gasteiger partial charge in [-0.25, -0.2) is 13.2 Å². The Morgan fingerprint density at radius 3 is 2.13 bits per heavy atom. The molecule has 1 aromatic carbocycles. The van der Waals surface area contributed by atoms with Crippen LogP contribution in [0.5, 0.6) is 11.5 Å². The predicted molar refractivity (Wildman–Crippen MR) is 113 cm³/mol. The lowest BCUT2D eigenvalue weighted by Gasteiger charge is -2.37. The number of benzene rings is 1. The minimum Gasteiger partial charge on any atom is -0.493 e. The van der Waals surface area contributed by atoms with Crippen molar-refractivity contribution in [2.75, 3.05) is 36.4 Å². The smallest absolute Gasteiger partial charge is 0.415 e. The average Bonchev–Trinajstić information content (AvgIpc) is 2.62. The zero-order valence-corrected chi connectivity index (χ0v) is 18.7. The van der Waals surface area contributed by atoms with Gasteiger partial charge in [0.2, 0.25) is 0 Å². The molecule has 168 valence electrons. The van der Waals surface area contributed by atoms with E-state index in [1.807, 2.05) is 0 Å². The van der Waals surface area contributed by atoms with Gasteiger partial charge >= 0.3 is 6.09 Å². The number of nitrogens with zero attached hydrogens (tertiary/aromatic N) is 1. The Labute approximate surface area is 176 Å². The Kier molecular flexibility index (Phi) is 6.75. The van der Waals surface area contributed by atoms with Gasteiger partial charge in [-0.2, -0.15) is 0 Å². The van der Waals surface area contributed by atoms with Crippen LogP contribution >= 0.6 is 0 Å². The third kappa shape index (κ3) is 5.07. The van der Waals surface area contributed by atoms with E-state index in [9.17, 15) is 18.0 Å². The molecular weight excluding hydrogens is 414 g/mol. The molecule has 0 unspecified atom stereocenters. The summed E-state index contributed by atoms with van der Waals surface area (Å²) in [5.41, 5.74) is 10.8. The number of anilines is 2. The molecule has 0 radical (unpaired) electrons. The van der Waals surface area contributed by atoms with E-state index in [0.29, 0.717) is 0 Å². The molecule has 1 aliphatic heterocycles. The molecule has 1 aromatic rings. The molecular formula is C19H29N3O7S. The van der Waals surface area contributed by atoms with E-state index in [2.05, 4.69) is 0 Å². The van der Waals surface area contributed by atoms with Crippen molar-refractivity contribution < 1.29 is 32.2 Å². The van der Waals surface area contributed by atoms with Crippen molar-refractivity contribution in [2.45, 2.75) is 45.3 Å². The number of sulfone groups is 1. The number of hydrogen-bond donors (Lipinski definition) is 2. The summed E-state index contributed by atoms with van der Waals surface area (Å²) in [6.07, 6.45) is -0.402. The molecule has 4 N–H and O–H groups in total. The number of hydrogen-bond acceptors (Lipinski definition) is 8. The van der Waals surface area contributed by atoms with Crippen LogP contribution in [0.2, 0.25) is 0 Å². The second-order valence-corrected chi connectivity index (χ2v) is 10.3. The molecule has 0 aromatic heterocycles. The molecule has 2 amide bonds. The molecule has 2 rings (SSSR count). The first-order chi connectivity index (χ1) is 13.8. The molecule has 30 heavy (non-hydrogen) atoms. The van der Waals surface area contributed by atoms with Gasteiger partial charge in [-0.1, -0.05) is 0 Å². The second-order valence-electron chi connectivity index (χ2n) is 8.02. The van der Waals surface area contributed by atoms with E-state index in [-0.39, 0.29) is 52.8 Å². The van der Waals surface area contributed by atoms with Gasteiger partial charge in [-0.3, -0.25) is 9.69 Å². The van der Waals surface area contributed by atoms with Gasteiger partial charge in [0, 0.05) is 6.04 Å². The maximum Gasteiger partial charge on any atom is 0.415 e. The highest BCUT2D eigenvalue weighted by Gasteiger charge is 2.38. The number of ether oxygens (including phenoxy) is 3. The molecule has 10 nitrogen and oxygen atoms in total. The number of rotatable bonds is 5. The van der Waals surface area contributed by atoms with Gasteiger partial charge in [-0.15, -0.1) is 0 Å². The third-order valence-electron chi connectivity index (χ3n) is 4.67. The van der Waals surface area contributed by atoms with Crippen LogP contribution in [0, 0.1) is 0 Å². The molecule has 1 saturated heterocycles. The molecule has 11 heteroatoms. The van der Waals surface area contributed by atoms with Gasteiger partial charge < -0.3 is 25.7 Å². The topological polar surface area (TPSA) is 151 Å². The van der Waals surface area contributed by atoms with Crippen molar-refractivity contribution in [1.82, 2.24) is 0 Å². The summed E-state index contributed by atoms with van der Waals surface area (Å²) in [6, 6.07) is 0.783. The molecule has 0 saturated carbocycles. The first-order valence-electron chi connectivity index (χ1n) is 9.38. The second kappa shape index (κ2) is 8.58. The first kappa shape index (κ1) is 23.6. The standard InChI is InChI=1S/C19H29N3O7S/c1-19(2,3)29-18(24)22(11-6-8-30(25,26)9-7-11)15-14(20)12(17(21)23)10-13(27-4)16(15)28-5/h10-11H,6-9,20H2,1-5H3,(H2,21,23). The lowest BCUT2D eigenvalue weighted by molar-refractivity contribution is 0.0561. The first-order valence-corrected chi connectivity index (χ1v) is 11.2. The van der Waals surface area contributed by atoms with E-state index in [0.717, 1.165) is 0 Å². The van der Waals surface area contributed by atoms with E-state index >= 15 is 0 Å². The summed E-state index contributed by atoms with van der Waals surface area (Å²) in [7, 11) is -0.459. The normalized spacial score (nSPS) is 16.6. The van der Waals surface area contributed by atoms with Crippen molar-refractivity contribution in [2.24, 2.45) is 5.73 Å². The van der Waals surface area contributed by atoms with E-state index in [1.54, 1.807) is 20.8 Å². The lowest BCUT2D eigenvalue weighted by Crippen LogP contribution is -2.47. The third-order valence-corrected chi connectivity index (χ3v) is 6.38. The lowest BCUT2D eigenvalue weighted by atomic mass is 10.0. The van der Waals surface area contributed by atoms with Crippen LogP contribution in [0.3, 0.4) is 0 Å². The summed E-state index contributed by atoms with van der Waals surface area (Å²) in [6.45, 7) is 5.11. The maximum absolute atomic E-state index is 13.2. The van der Waals surface area contributed by atoms with Crippen LogP contribution in [0.15, 0.2) is 6.07 Å². The molecule has 0 spiro atoms. The van der Waals surface area contributed by atoms with Crippen LogP contribution in [0.1, 0.15) is 44.0 Å². The predicted octanol–water partition coefficient (Wildman–Crippen LogP) is 1.70. The summed E-state index contributed by atoms with van der Waals surface area (Å²) >= 11 is 0. The Balaban J connectivity index is 2.72. The highest BCUT2D eigenvalue weighted by Crippen LogP contribution is 2.46. The fourth-order valence-corrected chi connectivity index (χ4v) is 4.77. The van der Waals surface area contributed by atoms with Gasteiger partial charge in [-0.05, 0) is 39.7 Å². The van der Waals surface area contributed by atoms with E-state index in [4.69, 9.17) is 25.7 Å². The van der Waals surface area contributed by atoms with Gasteiger partial charge in [0.25, 0.3) is 5.91 Å². The van der Waals surface area contributed by atoms with Crippen molar-refractivity contribution in [3.05, 3.63) is 11.6 Å². The Morgan fingerprint density at radius 2 is 1.70 bits per heavy atom. The highest BCUT2D eigenvalue weighted by atomic mass is 32.2. The summed E-state index contributed by atoms with van der Waals surface area (Å²) in [4.78, 5) is 26.4. The number of amides is 2. The van der Waals surface area contributed by atoms with Crippen LogP contribution in [0.25, 0.3) is 0 Å². The number of methoxy groups -OCH3 is 2. The van der Waals surface area contributed by atoms with Crippen LogP contribution in [-0.2, 0) is 14.6 Å². The average molecular weight is 444 g/mol. The van der Waals surface area contributed by atoms with Gasteiger partial charge in [0.1, 0.15) is 21.1 Å². The fraction of sp³-hybridized carbons (Fsp3) is 0.579. The maximum atomic E-state index is 13.2. The number of nitrogen functional groups attached to an aromatic ring is 1. The molecule has 1 heterocycles. The summed E-state index contributed by atoms with van der Waals surface area (Å²) < 4.78 is 40.2. The van der Waals surface area contributed by atoms with Crippen molar-refractivity contribution >= 4 is 33.2 Å². The fourth-order valence-electron chi connectivity index (χ4n) is 3.30. The van der Waals surface area contributed by atoms with Crippen molar-refractivity contribution in [1.29, 1.82) is 0 Å². The molecule has 1 fully saturated rings. The minimum atomic E-state index is -3.19. The monoisotopic (exact) mass is 443 g/mol. The van der Waals surface area contributed by atoms with Gasteiger partial charge in [0.05, 0.1) is 37.0 Å². The number of carbonyl (C=O) groups excluding carboxylic acids is 2. The largest absolute Gasteiger partial charge is 0.493 e. The Hall–Kier alpha value is -2.69. The van der Waals surface area contributed by atoms with Crippen LogP contribution in [0.4, 0.5) is 16.2 Å². The quantitative estimate of drug-likeness (QED) is 0.653. The molecule has 0 aliphatic carbocycles. The van der Waals surface area contributed by atoms with Crippen LogP contribution < -0.4 is 25.8 Å². The van der Waals surface area contributed by atoms with Crippen LogP contribution in [-0.4, -0.2) is 57.8 Å². The highest BCUT2D eigenvalue weighted by molar-refractivity contribution is 7.91. The zero-order valence-electron chi connectivity index (χ0n) is 17.9. The van der Waals surface area contributed by atoms with Crippen molar-refractivity contribution in [3.8, 4) is 11.5 Å². The number of primary amides is 1. The van der Waals surface area contributed by atoms with Crippen molar-refractivity contribution in [3.63, 3.8) is 0 Å². The Bertz CT molecular complexity index is 924. The molecule has 0 atom stereocenters. The minimum absolute atomic E-state index is 0.0559. The number of nitrogens with two attached hydrogens (primary N) is 2. The molecule has 1 aliphatic rings. The summed E-state index contributed by atoms with van der Waals surface area (Å²) in [5.74, 6) is -0.741. The molecule has 0 bridgehead atoms. The SMILES string of the molecule is COc1cc(C(N)=O)c(N)c(N(C(=O)OC(C)(C)C)C2CCS(=O)(=O)CC2)c1OC. The zero-order chi connectivity index (χ0) is 22.9.